The molecule has 1 aliphatic carbocycles. The molecule has 1 saturated heterocycles. The van der Waals surface area contributed by atoms with Gasteiger partial charge < -0.3 is 14.6 Å². The van der Waals surface area contributed by atoms with Crippen LogP contribution < -0.4 is 10.2 Å². The van der Waals surface area contributed by atoms with Gasteiger partial charge in [0.25, 0.3) is 6.01 Å². The van der Waals surface area contributed by atoms with Gasteiger partial charge in [-0.3, -0.25) is 4.90 Å². The second kappa shape index (κ2) is 7.24. The molecule has 1 saturated carbocycles. The number of benzene rings is 2. The monoisotopic (exact) mass is 362 g/mol. The van der Waals surface area contributed by atoms with Crippen molar-refractivity contribution in [3.8, 4) is 0 Å². The van der Waals surface area contributed by atoms with Gasteiger partial charge in [-0.2, -0.15) is 4.98 Å². The summed E-state index contributed by atoms with van der Waals surface area (Å²) in [6, 6.07) is 17.3. The van der Waals surface area contributed by atoms with E-state index in [1.165, 1.54) is 43.7 Å². The number of para-hydroxylation sites is 2. The third-order valence-electron chi connectivity index (χ3n) is 5.62. The molecule has 0 atom stereocenters. The molecular weight excluding hydrogens is 336 g/mol. The van der Waals surface area contributed by atoms with E-state index in [0.29, 0.717) is 12.6 Å². The van der Waals surface area contributed by atoms with Crippen LogP contribution >= 0.6 is 0 Å². The minimum atomic E-state index is 0.576. The molecule has 0 amide bonds. The molecule has 0 spiro atoms. The molecule has 27 heavy (non-hydrogen) atoms. The lowest BCUT2D eigenvalue weighted by Gasteiger charge is -2.36. The van der Waals surface area contributed by atoms with Crippen LogP contribution in [-0.2, 0) is 6.54 Å². The molecular formula is C22H26N4O. The lowest BCUT2D eigenvalue weighted by Crippen LogP contribution is -2.47. The Labute approximate surface area is 160 Å². The van der Waals surface area contributed by atoms with Gasteiger partial charge in [-0.05, 0) is 48.6 Å². The maximum Gasteiger partial charge on any atom is 0.295 e. The Hall–Kier alpha value is -2.53. The molecule has 2 heterocycles. The molecule has 1 aromatic heterocycles. The third-order valence-corrected chi connectivity index (χ3v) is 5.62. The summed E-state index contributed by atoms with van der Waals surface area (Å²) in [5.74, 6) is 0.990. The van der Waals surface area contributed by atoms with Crippen LogP contribution in [0.15, 0.2) is 52.9 Å². The van der Waals surface area contributed by atoms with Crippen molar-refractivity contribution in [3.63, 3.8) is 0 Å². The lowest BCUT2D eigenvalue weighted by atomic mass is 10.1. The first-order valence-corrected chi connectivity index (χ1v) is 9.99. The van der Waals surface area contributed by atoms with Crippen molar-refractivity contribution in [2.24, 2.45) is 5.92 Å². The van der Waals surface area contributed by atoms with Gasteiger partial charge in [-0.25, -0.2) is 0 Å². The molecule has 3 aromatic rings. The summed E-state index contributed by atoms with van der Waals surface area (Å²) in [5.41, 5.74) is 4.26. The largest absolute Gasteiger partial charge is 0.424 e. The highest BCUT2D eigenvalue weighted by Gasteiger charge is 2.26. The van der Waals surface area contributed by atoms with E-state index < -0.39 is 0 Å². The van der Waals surface area contributed by atoms with Crippen LogP contribution in [0.5, 0.6) is 0 Å². The van der Waals surface area contributed by atoms with Crippen LogP contribution in [-0.4, -0.2) is 42.6 Å². The zero-order chi connectivity index (χ0) is 18.1. The van der Waals surface area contributed by atoms with Gasteiger partial charge in [-0.1, -0.05) is 24.3 Å². The number of oxazole rings is 1. The van der Waals surface area contributed by atoms with Gasteiger partial charge in [0.1, 0.15) is 5.52 Å². The maximum absolute atomic E-state index is 5.72. The minimum Gasteiger partial charge on any atom is -0.424 e. The fourth-order valence-corrected chi connectivity index (χ4v) is 3.80. The Morgan fingerprint density at radius 2 is 1.74 bits per heavy atom. The molecule has 0 radical (unpaired) electrons. The lowest BCUT2D eigenvalue weighted by molar-refractivity contribution is 0.248. The maximum atomic E-state index is 5.72. The SMILES string of the molecule is c1ccc2oc(NCc3ccc(N4CCN(CC5CC5)CC4)cc3)nc2c1. The van der Waals surface area contributed by atoms with Crippen LogP contribution in [0.4, 0.5) is 11.7 Å². The van der Waals surface area contributed by atoms with Crippen molar-refractivity contribution in [1.82, 2.24) is 9.88 Å². The van der Waals surface area contributed by atoms with Crippen molar-refractivity contribution in [2.45, 2.75) is 19.4 Å². The fourth-order valence-electron chi connectivity index (χ4n) is 3.80. The van der Waals surface area contributed by atoms with Crippen LogP contribution in [0.3, 0.4) is 0 Å². The number of aromatic nitrogens is 1. The molecule has 1 aliphatic heterocycles. The standard InChI is InChI=1S/C22H26N4O/c1-2-4-21-20(3-1)24-22(27-21)23-15-17-7-9-19(10-8-17)26-13-11-25(12-14-26)16-18-5-6-18/h1-4,7-10,18H,5-6,11-16H2,(H,23,24). The molecule has 2 aliphatic rings. The molecule has 5 heteroatoms. The summed E-state index contributed by atoms with van der Waals surface area (Å²) >= 11 is 0. The Bertz CT molecular complexity index is 859. The predicted molar refractivity (Wildman–Crippen MR) is 109 cm³/mol. The van der Waals surface area contributed by atoms with Gasteiger partial charge in [0.15, 0.2) is 5.58 Å². The van der Waals surface area contributed by atoms with Crippen LogP contribution in [0.2, 0.25) is 0 Å². The Morgan fingerprint density at radius 3 is 2.48 bits per heavy atom. The topological polar surface area (TPSA) is 44.5 Å². The molecule has 5 rings (SSSR count). The van der Waals surface area contributed by atoms with Crippen molar-refractivity contribution in [1.29, 1.82) is 0 Å². The van der Waals surface area contributed by atoms with Crippen molar-refractivity contribution < 1.29 is 4.42 Å². The van der Waals surface area contributed by atoms with Gasteiger partial charge in [-0.15, -0.1) is 0 Å². The summed E-state index contributed by atoms with van der Waals surface area (Å²) in [4.78, 5) is 9.59. The quantitative estimate of drug-likeness (QED) is 0.719. The van der Waals surface area contributed by atoms with E-state index in [2.05, 4.69) is 44.4 Å². The summed E-state index contributed by atoms with van der Waals surface area (Å²) in [6.45, 7) is 6.67. The summed E-state index contributed by atoms with van der Waals surface area (Å²) in [7, 11) is 0. The van der Waals surface area contributed by atoms with E-state index in [4.69, 9.17) is 4.42 Å². The average molecular weight is 362 g/mol. The number of rotatable bonds is 6. The smallest absolute Gasteiger partial charge is 0.295 e. The predicted octanol–water partition coefficient (Wildman–Crippen LogP) is 3.97. The number of anilines is 2. The number of nitrogens with one attached hydrogen (secondary N) is 1. The number of nitrogens with zero attached hydrogens (tertiary/aromatic N) is 3. The van der Waals surface area contributed by atoms with E-state index in [0.717, 1.165) is 30.1 Å². The highest BCUT2D eigenvalue weighted by atomic mass is 16.4. The molecule has 5 nitrogen and oxygen atoms in total. The number of hydrogen-bond acceptors (Lipinski definition) is 5. The third kappa shape index (κ3) is 3.93. The number of piperazine rings is 1. The van der Waals surface area contributed by atoms with E-state index in [1.807, 2.05) is 24.3 Å². The first-order valence-electron chi connectivity index (χ1n) is 9.99. The number of fused-ring (bicyclic) bond motifs is 1. The highest BCUT2D eigenvalue weighted by Crippen LogP contribution is 2.30. The Morgan fingerprint density at radius 1 is 0.963 bits per heavy atom. The second-order valence-electron chi connectivity index (χ2n) is 7.74. The summed E-state index contributed by atoms with van der Waals surface area (Å²) < 4.78 is 5.72. The van der Waals surface area contributed by atoms with Crippen LogP contribution in [0.1, 0.15) is 18.4 Å². The van der Waals surface area contributed by atoms with E-state index in [-0.39, 0.29) is 0 Å². The van der Waals surface area contributed by atoms with Gasteiger partial charge in [0.05, 0.1) is 0 Å². The normalized spacial score (nSPS) is 18.1. The first-order chi connectivity index (χ1) is 13.3. The van der Waals surface area contributed by atoms with E-state index in [1.54, 1.807) is 0 Å². The van der Waals surface area contributed by atoms with Gasteiger partial charge >= 0.3 is 0 Å². The van der Waals surface area contributed by atoms with Crippen molar-refractivity contribution >= 4 is 22.8 Å². The molecule has 2 fully saturated rings. The fraction of sp³-hybridized carbons (Fsp3) is 0.409. The average Bonchev–Trinajstić information content (AvgIpc) is 3.43. The van der Waals surface area contributed by atoms with Gasteiger partial charge in [0.2, 0.25) is 0 Å². The molecule has 140 valence electrons. The molecule has 1 N–H and O–H groups in total. The number of hydrogen-bond donors (Lipinski definition) is 1. The van der Waals surface area contributed by atoms with Crippen molar-refractivity contribution in [2.75, 3.05) is 42.9 Å². The molecule has 2 aromatic carbocycles. The Balaban J connectivity index is 1.15. The second-order valence-corrected chi connectivity index (χ2v) is 7.74. The minimum absolute atomic E-state index is 0.576. The molecule has 0 bridgehead atoms. The Kier molecular flexibility index (Phi) is 4.46. The zero-order valence-electron chi connectivity index (χ0n) is 15.6. The zero-order valence-corrected chi connectivity index (χ0v) is 15.6. The van der Waals surface area contributed by atoms with E-state index >= 15 is 0 Å². The van der Waals surface area contributed by atoms with Crippen molar-refractivity contribution in [3.05, 3.63) is 54.1 Å². The summed E-state index contributed by atoms with van der Waals surface area (Å²) in [6.07, 6.45) is 2.89. The first kappa shape index (κ1) is 16.6. The van der Waals surface area contributed by atoms with E-state index in [9.17, 15) is 0 Å². The highest BCUT2D eigenvalue weighted by molar-refractivity contribution is 5.74. The van der Waals surface area contributed by atoms with Gasteiger partial charge in [0, 0.05) is 45.0 Å². The van der Waals surface area contributed by atoms with Crippen LogP contribution in [0, 0.1) is 5.92 Å². The molecule has 0 unspecified atom stereocenters. The van der Waals surface area contributed by atoms with Crippen LogP contribution in [0.25, 0.3) is 11.1 Å². The summed E-state index contributed by atoms with van der Waals surface area (Å²) in [5, 5.41) is 3.28.